The van der Waals surface area contributed by atoms with Crippen molar-refractivity contribution in [1.29, 1.82) is 0 Å². The summed E-state index contributed by atoms with van der Waals surface area (Å²) >= 11 is 0. The molecule has 2 aromatic rings. The van der Waals surface area contributed by atoms with Gasteiger partial charge in [-0.1, -0.05) is 11.6 Å². The van der Waals surface area contributed by atoms with Crippen molar-refractivity contribution >= 4 is 12.1 Å². The van der Waals surface area contributed by atoms with Crippen molar-refractivity contribution in [3.63, 3.8) is 0 Å². The van der Waals surface area contributed by atoms with Gasteiger partial charge in [0.25, 0.3) is 0 Å². The van der Waals surface area contributed by atoms with Crippen molar-refractivity contribution in [3.05, 3.63) is 29.3 Å². The molecule has 0 fully saturated rings. The molecule has 1 heterocycles. The molecule has 0 atom stereocenters. The highest BCUT2D eigenvalue weighted by Gasteiger charge is 2.19. The van der Waals surface area contributed by atoms with E-state index >= 15 is 0 Å². The first-order valence-corrected chi connectivity index (χ1v) is 6.67. The van der Waals surface area contributed by atoms with Gasteiger partial charge >= 0.3 is 0 Å². The van der Waals surface area contributed by atoms with Crippen molar-refractivity contribution in [3.8, 4) is 17.0 Å². The van der Waals surface area contributed by atoms with Crippen LogP contribution in [0, 0.1) is 6.92 Å². The molecule has 0 aliphatic carbocycles. The third kappa shape index (κ3) is 2.39. The number of carbonyl (C=O) groups excluding carboxylic acids is 1. The molecule has 0 saturated carbocycles. The fourth-order valence-electron chi connectivity index (χ4n) is 2.16. The Morgan fingerprint density at radius 2 is 2.15 bits per heavy atom. The Morgan fingerprint density at radius 1 is 1.40 bits per heavy atom. The number of nitrogens with two attached hydrogens (primary N) is 1. The minimum Gasteiger partial charge on any atom is -0.493 e. The maximum atomic E-state index is 11.3. The van der Waals surface area contributed by atoms with Crippen LogP contribution in [-0.4, -0.2) is 22.7 Å². The monoisotopic (exact) mass is 273 g/mol. The first-order chi connectivity index (χ1) is 9.62. The highest BCUT2D eigenvalue weighted by atomic mass is 16.5. The van der Waals surface area contributed by atoms with Gasteiger partial charge in [0.05, 0.1) is 12.2 Å². The molecule has 0 aliphatic heterocycles. The van der Waals surface area contributed by atoms with Crippen LogP contribution in [0.5, 0.6) is 5.75 Å². The van der Waals surface area contributed by atoms with Gasteiger partial charge in [0.1, 0.15) is 17.3 Å². The molecular formula is C15H19N3O2. The summed E-state index contributed by atoms with van der Waals surface area (Å²) in [6.07, 6.45) is 0.752. The van der Waals surface area contributed by atoms with E-state index in [0.29, 0.717) is 36.0 Å². The van der Waals surface area contributed by atoms with E-state index < -0.39 is 0 Å². The second-order valence-corrected chi connectivity index (χ2v) is 4.51. The van der Waals surface area contributed by atoms with Crippen LogP contribution < -0.4 is 10.5 Å². The number of aldehydes is 1. The average molecular weight is 273 g/mol. The summed E-state index contributed by atoms with van der Waals surface area (Å²) in [5, 5.41) is 4.43. The van der Waals surface area contributed by atoms with Gasteiger partial charge in [0, 0.05) is 12.1 Å². The van der Waals surface area contributed by atoms with Crippen LogP contribution in [0.15, 0.2) is 18.2 Å². The van der Waals surface area contributed by atoms with Gasteiger partial charge in [0.2, 0.25) is 0 Å². The molecule has 0 aliphatic rings. The van der Waals surface area contributed by atoms with E-state index in [4.69, 9.17) is 10.5 Å². The van der Waals surface area contributed by atoms with E-state index in [-0.39, 0.29) is 0 Å². The number of hydrogen-bond acceptors (Lipinski definition) is 4. The van der Waals surface area contributed by atoms with Gasteiger partial charge in [-0.25, -0.2) is 4.68 Å². The Balaban J connectivity index is 2.66. The number of ether oxygens (including phenoxy) is 1. The molecule has 1 aromatic heterocycles. The number of rotatable bonds is 5. The first-order valence-electron chi connectivity index (χ1n) is 6.67. The Bertz CT molecular complexity index is 632. The lowest BCUT2D eigenvalue weighted by atomic mass is 10.0. The van der Waals surface area contributed by atoms with E-state index in [1.807, 2.05) is 39.0 Å². The van der Waals surface area contributed by atoms with Gasteiger partial charge in [-0.05, 0) is 32.9 Å². The molecule has 0 amide bonds. The molecule has 20 heavy (non-hydrogen) atoms. The van der Waals surface area contributed by atoms with Gasteiger partial charge in [-0.2, -0.15) is 5.10 Å². The molecule has 0 unspecified atom stereocenters. The predicted molar refractivity (Wildman–Crippen MR) is 79.0 cm³/mol. The highest BCUT2D eigenvalue weighted by molar-refractivity contribution is 5.92. The van der Waals surface area contributed by atoms with E-state index in [1.54, 1.807) is 4.68 Å². The largest absolute Gasteiger partial charge is 0.493 e. The Morgan fingerprint density at radius 3 is 2.75 bits per heavy atom. The van der Waals surface area contributed by atoms with Crippen LogP contribution in [0.3, 0.4) is 0 Å². The summed E-state index contributed by atoms with van der Waals surface area (Å²) in [5.74, 6) is 1.10. The summed E-state index contributed by atoms with van der Waals surface area (Å²) < 4.78 is 7.24. The van der Waals surface area contributed by atoms with E-state index in [0.717, 1.165) is 17.4 Å². The van der Waals surface area contributed by atoms with Crippen molar-refractivity contribution in [2.24, 2.45) is 0 Å². The van der Waals surface area contributed by atoms with Gasteiger partial charge in [0.15, 0.2) is 6.29 Å². The molecule has 0 saturated heterocycles. The summed E-state index contributed by atoms with van der Waals surface area (Å²) in [6, 6.07) is 5.82. The Labute approximate surface area is 118 Å². The van der Waals surface area contributed by atoms with Crippen molar-refractivity contribution in [2.45, 2.75) is 27.3 Å². The molecule has 0 radical (unpaired) electrons. The third-order valence-electron chi connectivity index (χ3n) is 3.14. The molecule has 0 bridgehead atoms. The number of nitrogens with zero attached hydrogens (tertiary/aromatic N) is 2. The SMILES string of the molecule is CCOc1ccc(C)cc1-c1nn(CC)c(N)c1C=O. The average Bonchev–Trinajstić information content (AvgIpc) is 2.77. The Hall–Kier alpha value is -2.30. The number of benzene rings is 1. The highest BCUT2D eigenvalue weighted by Crippen LogP contribution is 2.34. The summed E-state index contributed by atoms with van der Waals surface area (Å²) in [5.41, 5.74) is 8.82. The van der Waals surface area contributed by atoms with E-state index in [2.05, 4.69) is 5.10 Å². The van der Waals surface area contributed by atoms with Crippen LogP contribution in [0.4, 0.5) is 5.82 Å². The molecule has 2 rings (SSSR count). The zero-order valence-electron chi connectivity index (χ0n) is 12.0. The fraction of sp³-hybridized carbons (Fsp3) is 0.333. The Kier molecular flexibility index (Phi) is 4.08. The maximum absolute atomic E-state index is 11.3. The van der Waals surface area contributed by atoms with Crippen LogP contribution >= 0.6 is 0 Å². The van der Waals surface area contributed by atoms with Gasteiger partial charge < -0.3 is 10.5 Å². The van der Waals surface area contributed by atoms with Crippen LogP contribution in [0.1, 0.15) is 29.8 Å². The molecule has 5 heteroatoms. The molecule has 5 nitrogen and oxygen atoms in total. The molecule has 106 valence electrons. The van der Waals surface area contributed by atoms with E-state index in [1.165, 1.54) is 0 Å². The predicted octanol–water partition coefficient (Wildman–Crippen LogP) is 2.67. The number of hydrogen-bond donors (Lipinski definition) is 1. The number of aryl methyl sites for hydroxylation is 2. The first kappa shape index (κ1) is 14.1. The second-order valence-electron chi connectivity index (χ2n) is 4.51. The van der Waals surface area contributed by atoms with Crippen molar-refractivity contribution in [2.75, 3.05) is 12.3 Å². The second kappa shape index (κ2) is 5.77. The summed E-state index contributed by atoms with van der Waals surface area (Å²) in [4.78, 5) is 11.3. The lowest BCUT2D eigenvalue weighted by Gasteiger charge is -2.09. The summed E-state index contributed by atoms with van der Waals surface area (Å²) in [6.45, 7) is 7.00. The lowest BCUT2D eigenvalue weighted by Crippen LogP contribution is -2.02. The summed E-state index contributed by atoms with van der Waals surface area (Å²) in [7, 11) is 0. The number of carbonyl (C=O) groups is 1. The standard InChI is InChI=1S/C15H19N3O2/c1-4-18-15(16)12(9-19)14(17-18)11-8-10(3)6-7-13(11)20-5-2/h6-9H,4-5,16H2,1-3H3. The third-order valence-corrected chi connectivity index (χ3v) is 3.14. The van der Waals surface area contributed by atoms with Crippen molar-refractivity contribution in [1.82, 2.24) is 9.78 Å². The fourth-order valence-corrected chi connectivity index (χ4v) is 2.16. The quantitative estimate of drug-likeness (QED) is 0.850. The number of aromatic nitrogens is 2. The smallest absolute Gasteiger partial charge is 0.156 e. The topological polar surface area (TPSA) is 70.1 Å². The van der Waals surface area contributed by atoms with Crippen LogP contribution in [0.25, 0.3) is 11.3 Å². The van der Waals surface area contributed by atoms with Crippen LogP contribution in [0.2, 0.25) is 0 Å². The van der Waals surface area contributed by atoms with Gasteiger partial charge in [-0.15, -0.1) is 0 Å². The maximum Gasteiger partial charge on any atom is 0.156 e. The zero-order chi connectivity index (χ0) is 14.7. The van der Waals surface area contributed by atoms with Gasteiger partial charge in [-0.3, -0.25) is 4.79 Å². The number of nitrogen functional groups attached to an aromatic ring is 1. The minimum absolute atomic E-state index is 0.390. The normalized spacial score (nSPS) is 10.6. The van der Waals surface area contributed by atoms with Crippen molar-refractivity contribution < 1.29 is 9.53 Å². The molecular weight excluding hydrogens is 254 g/mol. The lowest BCUT2D eigenvalue weighted by molar-refractivity contribution is 0.112. The van der Waals surface area contributed by atoms with Crippen LogP contribution in [-0.2, 0) is 6.54 Å². The molecule has 0 spiro atoms. The van der Waals surface area contributed by atoms with E-state index in [9.17, 15) is 4.79 Å². The minimum atomic E-state index is 0.390. The molecule has 1 aromatic carbocycles. The molecule has 2 N–H and O–H groups in total. The zero-order valence-corrected chi connectivity index (χ0v) is 12.0. The number of anilines is 1.